The van der Waals surface area contributed by atoms with E-state index in [-0.39, 0.29) is 5.91 Å². The molecule has 0 spiro atoms. The zero-order chi connectivity index (χ0) is 12.4. The van der Waals surface area contributed by atoms with Crippen LogP contribution in [0.25, 0.3) is 0 Å². The highest BCUT2D eigenvalue weighted by Crippen LogP contribution is 2.18. The first-order valence-electron chi connectivity index (χ1n) is 5.86. The van der Waals surface area contributed by atoms with E-state index in [9.17, 15) is 4.79 Å². The lowest BCUT2D eigenvalue weighted by Crippen LogP contribution is -2.36. The molecule has 1 aromatic carbocycles. The Balaban J connectivity index is 2.15. The zero-order valence-electron chi connectivity index (χ0n) is 10.6. The van der Waals surface area contributed by atoms with Crippen LogP contribution in [0.1, 0.15) is 18.1 Å². The third-order valence-corrected chi connectivity index (χ3v) is 3.19. The van der Waals surface area contributed by atoms with Gasteiger partial charge in [-0.15, -0.1) is 0 Å². The van der Waals surface area contributed by atoms with Crippen molar-refractivity contribution in [2.24, 2.45) is 0 Å². The van der Waals surface area contributed by atoms with Gasteiger partial charge in [0, 0.05) is 24.4 Å². The highest BCUT2D eigenvalue weighted by molar-refractivity contribution is 6.04. The molecule has 3 heteroatoms. The summed E-state index contributed by atoms with van der Waals surface area (Å²) in [6, 6.07) is 6.08. The molecule has 1 fully saturated rings. The van der Waals surface area contributed by atoms with Gasteiger partial charge in [-0.05, 0) is 43.5 Å². The van der Waals surface area contributed by atoms with E-state index in [1.54, 1.807) is 0 Å². The van der Waals surface area contributed by atoms with Crippen LogP contribution in [0.3, 0.4) is 0 Å². The van der Waals surface area contributed by atoms with Gasteiger partial charge in [0.25, 0.3) is 5.91 Å². The number of carbonyl (C=O) groups excluding carboxylic acids is 1. The minimum Gasteiger partial charge on any atom is -0.322 e. The Kier molecular flexibility index (Phi) is 3.29. The van der Waals surface area contributed by atoms with Crippen molar-refractivity contribution < 1.29 is 4.79 Å². The van der Waals surface area contributed by atoms with Crippen molar-refractivity contribution in [3.05, 3.63) is 40.5 Å². The van der Waals surface area contributed by atoms with Crippen molar-refractivity contribution in [1.29, 1.82) is 0 Å². The highest BCUT2D eigenvalue weighted by Gasteiger charge is 2.16. The van der Waals surface area contributed by atoms with E-state index >= 15 is 0 Å². The number of anilines is 1. The average Bonchev–Trinajstić information content (AvgIpc) is 2.21. The molecule has 1 aliphatic heterocycles. The van der Waals surface area contributed by atoms with Crippen LogP contribution in [0.4, 0.5) is 5.69 Å². The summed E-state index contributed by atoms with van der Waals surface area (Å²) in [6.45, 7) is 7.59. The van der Waals surface area contributed by atoms with Gasteiger partial charge in [-0.25, -0.2) is 0 Å². The maximum atomic E-state index is 12.0. The predicted molar refractivity (Wildman–Crippen MR) is 70.1 cm³/mol. The van der Waals surface area contributed by atoms with Gasteiger partial charge in [-0.3, -0.25) is 4.79 Å². The van der Waals surface area contributed by atoms with Gasteiger partial charge in [0.1, 0.15) is 0 Å². The molecule has 1 saturated heterocycles. The molecule has 0 aromatic heterocycles. The molecule has 1 heterocycles. The molecule has 1 aliphatic rings. The summed E-state index contributed by atoms with van der Waals surface area (Å²) in [6.07, 6.45) is 0. The van der Waals surface area contributed by atoms with Crippen molar-refractivity contribution in [2.75, 3.05) is 18.4 Å². The summed E-state index contributed by atoms with van der Waals surface area (Å²) < 4.78 is 0. The monoisotopic (exact) mass is 230 g/mol. The normalized spacial score (nSPS) is 14.2. The quantitative estimate of drug-likeness (QED) is 0.764. The molecular formula is C14H18N2O. The van der Waals surface area contributed by atoms with E-state index in [4.69, 9.17) is 0 Å². The summed E-state index contributed by atoms with van der Waals surface area (Å²) in [5.74, 6) is 0.00944. The topological polar surface area (TPSA) is 41.1 Å². The lowest BCUT2D eigenvalue weighted by atomic mass is 10.0. The van der Waals surface area contributed by atoms with Crippen LogP contribution in [0.5, 0.6) is 0 Å². The average molecular weight is 230 g/mol. The van der Waals surface area contributed by atoms with Gasteiger partial charge in [0.2, 0.25) is 0 Å². The van der Waals surface area contributed by atoms with Crippen LogP contribution in [0.15, 0.2) is 29.3 Å². The Bertz CT molecular complexity index is 483. The second kappa shape index (κ2) is 4.72. The van der Waals surface area contributed by atoms with E-state index in [1.165, 1.54) is 5.57 Å². The molecule has 1 amide bonds. The zero-order valence-corrected chi connectivity index (χ0v) is 10.6. The van der Waals surface area contributed by atoms with Gasteiger partial charge < -0.3 is 10.6 Å². The van der Waals surface area contributed by atoms with Crippen LogP contribution < -0.4 is 10.6 Å². The predicted octanol–water partition coefficient (Wildman–Crippen LogP) is 2.16. The molecule has 1 aromatic rings. The van der Waals surface area contributed by atoms with E-state index in [0.717, 1.165) is 35.5 Å². The molecule has 0 unspecified atom stereocenters. The Morgan fingerprint density at radius 3 is 2.59 bits per heavy atom. The second-order valence-corrected chi connectivity index (χ2v) is 4.60. The molecule has 3 nitrogen and oxygen atoms in total. The largest absolute Gasteiger partial charge is 0.322 e. The summed E-state index contributed by atoms with van der Waals surface area (Å²) in [5, 5.41) is 6.12. The minimum atomic E-state index is 0.00944. The number of amides is 1. The number of hydrogen-bond donors (Lipinski definition) is 2. The van der Waals surface area contributed by atoms with Crippen molar-refractivity contribution in [2.45, 2.75) is 20.8 Å². The maximum Gasteiger partial charge on any atom is 0.251 e. The van der Waals surface area contributed by atoms with Crippen LogP contribution in [0.2, 0.25) is 0 Å². The highest BCUT2D eigenvalue weighted by atomic mass is 16.1. The number of nitrogens with one attached hydrogen (secondary N) is 2. The molecule has 0 radical (unpaired) electrons. The third kappa shape index (κ3) is 2.56. The van der Waals surface area contributed by atoms with Gasteiger partial charge in [0.05, 0.1) is 0 Å². The van der Waals surface area contributed by atoms with Crippen molar-refractivity contribution >= 4 is 11.6 Å². The van der Waals surface area contributed by atoms with E-state index in [2.05, 4.69) is 10.6 Å². The van der Waals surface area contributed by atoms with Crippen molar-refractivity contribution in [1.82, 2.24) is 5.32 Å². The smallest absolute Gasteiger partial charge is 0.251 e. The first-order valence-corrected chi connectivity index (χ1v) is 5.86. The van der Waals surface area contributed by atoms with Crippen LogP contribution in [0, 0.1) is 13.8 Å². The van der Waals surface area contributed by atoms with E-state index < -0.39 is 0 Å². The molecule has 2 rings (SSSR count). The lowest BCUT2D eigenvalue weighted by Gasteiger charge is -2.21. The van der Waals surface area contributed by atoms with E-state index in [1.807, 2.05) is 39.0 Å². The standard InChI is InChI=1S/C14H18N2O/c1-9-4-5-10(2)13(6-9)16-14(17)11(3)12-7-15-8-12/h4-6,15H,7-8H2,1-3H3,(H,16,17). The lowest BCUT2D eigenvalue weighted by molar-refractivity contribution is -0.112. The van der Waals surface area contributed by atoms with Gasteiger partial charge in [-0.1, -0.05) is 12.1 Å². The summed E-state index contributed by atoms with van der Waals surface area (Å²) in [5.41, 5.74) is 5.19. The minimum absolute atomic E-state index is 0.00944. The molecule has 90 valence electrons. The molecule has 17 heavy (non-hydrogen) atoms. The number of carbonyl (C=O) groups is 1. The SMILES string of the molecule is CC(C(=O)Nc1cc(C)ccc1C)=C1CNC1. The maximum absolute atomic E-state index is 12.0. The summed E-state index contributed by atoms with van der Waals surface area (Å²) >= 11 is 0. The van der Waals surface area contributed by atoms with Crippen LogP contribution in [-0.4, -0.2) is 19.0 Å². The fourth-order valence-electron chi connectivity index (χ4n) is 1.76. The number of hydrogen-bond acceptors (Lipinski definition) is 2. The Hall–Kier alpha value is -1.61. The molecule has 2 N–H and O–H groups in total. The summed E-state index contributed by atoms with van der Waals surface area (Å²) in [4.78, 5) is 12.0. The van der Waals surface area contributed by atoms with Gasteiger partial charge in [-0.2, -0.15) is 0 Å². The number of benzene rings is 1. The molecule has 0 atom stereocenters. The molecule has 0 bridgehead atoms. The first-order chi connectivity index (χ1) is 8.08. The summed E-state index contributed by atoms with van der Waals surface area (Å²) in [7, 11) is 0. The number of aryl methyl sites for hydroxylation is 2. The van der Waals surface area contributed by atoms with Gasteiger partial charge in [0.15, 0.2) is 0 Å². The van der Waals surface area contributed by atoms with Crippen LogP contribution in [-0.2, 0) is 4.79 Å². The van der Waals surface area contributed by atoms with Crippen molar-refractivity contribution in [3.8, 4) is 0 Å². The van der Waals surface area contributed by atoms with Crippen molar-refractivity contribution in [3.63, 3.8) is 0 Å². The van der Waals surface area contributed by atoms with E-state index in [0.29, 0.717) is 0 Å². The fraction of sp³-hybridized carbons (Fsp3) is 0.357. The molecular weight excluding hydrogens is 212 g/mol. The fourth-order valence-corrected chi connectivity index (χ4v) is 1.76. The number of rotatable bonds is 2. The first kappa shape index (κ1) is 11.9. The molecule has 0 aliphatic carbocycles. The Morgan fingerprint density at radius 2 is 2.00 bits per heavy atom. The van der Waals surface area contributed by atoms with Gasteiger partial charge >= 0.3 is 0 Å². The Morgan fingerprint density at radius 1 is 1.29 bits per heavy atom. The van der Waals surface area contributed by atoms with Crippen LogP contribution >= 0.6 is 0 Å². The second-order valence-electron chi connectivity index (χ2n) is 4.60. The Labute approximate surface area is 102 Å². The molecule has 0 saturated carbocycles. The third-order valence-electron chi connectivity index (χ3n) is 3.19.